The highest BCUT2D eigenvalue weighted by Gasteiger charge is 2.19. The van der Waals surface area contributed by atoms with Gasteiger partial charge in [-0.1, -0.05) is 12.1 Å². The molecule has 0 bridgehead atoms. The van der Waals surface area contributed by atoms with Crippen molar-refractivity contribution in [2.24, 2.45) is 0 Å². The molecule has 1 N–H and O–H groups in total. The number of carboxylic acid groups (broad SMARTS) is 1. The Bertz CT molecular complexity index is 830. The van der Waals surface area contributed by atoms with Gasteiger partial charge in [-0.05, 0) is 43.5 Å². The second-order valence-corrected chi connectivity index (χ2v) is 6.05. The van der Waals surface area contributed by atoms with Crippen molar-refractivity contribution < 1.29 is 9.90 Å². The van der Waals surface area contributed by atoms with Crippen LogP contribution in [0.3, 0.4) is 0 Å². The summed E-state index contributed by atoms with van der Waals surface area (Å²) in [6.07, 6.45) is 1.41. The van der Waals surface area contributed by atoms with E-state index in [1.807, 2.05) is 13.0 Å². The van der Waals surface area contributed by atoms with Crippen molar-refractivity contribution in [2.75, 3.05) is 0 Å². The predicted octanol–water partition coefficient (Wildman–Crippen LogP) is 3.69. The topological polar surface area (TPSA) is 54.6 Å². The van der Waals surface area contributed by atoms with E-state index in [1.54, 1.807) is 4.40 Å². The van der Waals surface area contributed by atoms with Crippen molar-refractivity contribution in [1.29, 1.82) is 0 Å². The second-order valence-electron chi connectivity index (χ2n) is 4.87. The van der Waals surface area contributed by atoms with Crippen molar-refractivity contribution in [3.05, 3.63) is 46.1 Å². The van der Waals surface area contributed by atoms with Crippen molar-refractivity contribution in [3.63, 3.8) is 0 Å². The molecule has 2 heterocycles. The van der Waals surface area contributed by atoms with E-state index in [-0.39, 0.29) is 5.69 Å². The number of rotatable bonds is 2. The number of aryl methyl sites for hydroxylation is 3. The fraction of sp³-hybridized carbons (Fsp3) is 0.200. The quantitative estimate of drug-likeness (QED) is 0.781. The van der Waals surface area contributed by atoms with E-state index in [4.69, 9.17) is 0 Å². The first kappa shape index (κ1) is 12.9. The van der Waals surface area contributed by atoms with E-state index in [0.717, 1.165) is 16.1 Å². The minimum atomic E-state index is -0.958. The molecule has 1 aromatic carbocycles. The van der Waals surface area contributed by atoms with Gasteiger partial charge in [-0.15, -0.1) is 11.3 Å². The van der Waals surface area contributed by atoms with Crippen LogP contribution in [0.4, 0.5) is 0 Å². The van der Waals surface area contributed by atoms with E-state index in [2.05, 4.69) is 31.0 Å². The van der Waals surface area contributed by atoms with E-state index in [9.17, 15) is 9.90 Å². The summed E-state index contributed by atoms with van der Waals surface area (Å²) in [5.41, 5.74) is 4.57. The van der Waals surface area contributed by atoms with Crippen molar-refractivity contribution in [1.82, 2.24) is 9.38 Å². The van der Waals surface area contributed by atoms with Crippen LogP contribution in [0.15, 0.2) is 24.4 Å². The monoisotopic (exact) mass is 286 g/mol. The number of hydrogen-bond acceptors (Lipinski definition) is 3. The van der Waals surface area contributed by atoms with Gasteiger partial charge < -0.3 is 5.11 Å². The molecule has 0 aliphatic heterocycles. The highest BCUT2D eigenvalue weighted by atomic mass is 32.1. The molecule has 0 saturated heterocycles. The Morgan fingerprint density at radius 3 is 2.65 bits per heavy atom. The Kier molecular flexibility index (Phi) is 2.87. The maximum Gasteiger partial charge on any atom is 0.354 e. The molecule has 5 heteroatoms. The molecule has 3 aromatic rings. The number of aromatic nitrogens is 2. The Labute approximate surface area is 120 Å². The molecular weight excluding hydrogens is 272 g/mol. The van der Waals surface area contributed by atoms with E-state index >= 15 is 0 Å². The number of carbonyl (C=O) groups is 1. The molecule has 102 valence electrons. The first-order valence-electron chi connectivity index (χ1n) is 6.27. The van der Waals surface area contributed by atoms with Gasteiger partial charge in [-0.3, -0.25) is 4.40 Å². The summed E-state index contributed by atoms with van der Waals surface area (Å²) in [6.45, 7) is 6.12. The van der Waals surface area contributed by atoms with Gasteiger partial charge in [0.2, 0.25) is 0 Å². The lowest BCUT2D eigenvalue weighted by Crippen LogP contribution is -2.02. The third-order valence-corrected chi connectivity index (χ3v) is 4.50. The molecule has 0 saturated carbocycles. The van der Waals surface area contributed by atoms with Crippen LogP contribution in [0, 0.1) is 20.8 Å². The van der Waals surface area contributed by atoms with Crippen LogP contribution in [0.25, 0.3) is 16.2 Å². The molecule has 3 rings (SSSR count). The number of hydrogen-bond donors (Lipinski definition) is 1. The molecule has 0 unspecified atom stereocenters. The average Bonchev–Trinajstić information content (AvgIpc) is 2.90. The fourth-order valence-electron chi connectivity index (χ4n) is 2.34. The van der Waals surface area contributed by atoms with Gasteiger partial charge in [0.15, 0.2) is 10.7 Å². The summed E-state index contributed by atoms with van der Waals surface area (Å²) in [5.74, 6) is -0.958. The minimum Gasteiger partial charge on any atom is -0.477 e. The molecule has 0 aliphatic carbocycles. The van der Waals surface area contributed by atoms with Crippen LogP contribution in [0.1, 0.15) is 26.5 Å². The van der Waals surface area contributed by atoms with Crippen LogP contribution < -0.4 is 0 Å². The van der Waals surface area contributed by atoms with Crippen molar-refractivity contribution in [3.8, 4) is 11.3 Å². The molecular formula is C15H14N2O2S. The SMILES string of the molecule is Cc1ccc(-c2c(C)sc3ncc(C(=O)O)n23)cc1C. The zero-order valence-electron chi connectivity index (χ0n) is 11.5. The van der Waals surface area contributed by atoms with Crippen LogP contribution in [-0.2, 0) is 0 Å². The van der Waals surface area contributed by atoms with Crippen molar-refractivity contribution in [2.45, 2.75) is 20.8 Å². The number of aromatic carboxylic acids is 1. The zero-order chi connectivity index (χ0) is 14.4. The van der Waals surface area contributed by atoms with Gasteiger partial charge in [0.25, 0.3) is 0 Å². The van der Waals surface area contributed by atoms with Gasteiger partial charge in [-0.2, -0.15) is 0 Å². The van der Waals surface area contributed by atoms with Crippen LogP contribution in [-0.4, -0.2) is 20.5 Å². The summed E-state index contributed by atoms with van der Waals surface area (Å²) in [4.78, 5) is 17.3. The molecule has 0 radical (unpaired) electrons. The molecule has 0 atom stereocenters. The standard InChI is InChI=1S/C15H14N2O2S/c1-8-4-5-11(6-9(8)2)13-10(3)20-15-16-7-12(14(18)19)17(13)15/h4-7H,1-3H3,(H,18,19). The van der Waals surface area contributed by atoms with E-state index in [0.29, 0.717) is 4.96 Å². The van der Waals surface area contributed by atoms with E-state index in [1.165, 1.54) is 28.7 Å². The number of imidazole rings is 1. The third kappa shape index (κ3) is 1.82. The Balaban J connectivity index is 2.34. The predicted molar refractivity (Wildman–Crippen MR) is 79.7 cm³/mol. The number of carboxylic acids is 1. The van der Waals surface area contributed by atoms with Gasteiger partial charge >= 0.3 is 5.97 Å². The molecule has 0 aliphatic rings. The molecule has 2 aromatic heterocycles. The second kappa shape index (κ2) is 4.45. The molecule has 0 amide bonds. The zero-order valence-corrected chi connectivity index (χ0v) is 12.3. The summed E-state index contributed by atoms with van der Waals surface area (Å²) in [5, 5.41) is 9.29. The van der Waals surface area contributed by atoms with Gasteiger partial charge in [0, 0.05) is 4.88 Å². The fourth-order valence-corrected chi connectivity index (χ4v) is 3.30. The van der Waals surface area contributed by atoms with Crippen LogP contribution in [0.5, 0.6) is 0 Å². The minimum absolute atomic E-state index is 0.206. The maximum absolute atomic E-state index is 11.3. The summed E-state index contributed by atoms with van der Waals surface area (Å²) < 4.78 is 1.73. The third-order valence-electron chi connectivity index (χ3n) is 3.53. The summed E-state index contributed by atoms with van der Waals surface area (Å²) in [7, 11) is 0. The number of nitrogens with zero attached hydrogens (tertiary/aromatic N) is 2. The number of benzene rings is 1. The lowest BCUT2D eigenvalue weighted by atomic mass is 10.0. The lowest BCUT2D eigenvalue weighted by Gasteiger charge is -2.07. The smallest absolute Gasteiger partial charge is 0.354 e. The molecule has 0 spiro atoms. The molecule has 20 heavy (non-hydrogen) atoms. The highest BCUT2D eigenvalue weighted by Crippen LogP contribution is 2.33. The Hall–Kier alpha value is -2.14. The average molecular weight is 286 g/mol. The lowest BCUT2D eigenvalue weighted by molar-refractivity contribution is 0.0689. The van der Waals surface area contributed by atoms with Crippen molar-refractivity contribution >= 4 is 22.3 Å². The largest absolute Gasteiger partial charge is 0.477 e. The van der Waals surface area contributed by atoms with Gasteiger partial charge in [0.1, 0.15) is 0 Å². The summed E-state index contributed by atoms with van der Waals surface area (Å²) in [6, 6.07) is 6.18. The molecule has 4 nitrogen and oxygen atoms in total. The number of thiazole rings is 1. The maximum atomic E-state index is 11.3. The van der Waals surface area contributed by atoms with Crippen LogP contribution >= 0.6 is 11.3 Å². The van der Waals surface area contributed by atoms with Gasteiger partial charge in [0.05, 0.1) is 11.9 Å². The normalized spacial score (nSPS) is 11.2. The molecule has 0 fully saturated rings. The Morgan fingerprint density at radius 1 is 1.25 bits per heavy atom. The Morgan fingerprint density at radius 2 is 2.00 bits per heavy atom. The first-order valence-corrected chi connectivity index (χ1v) is 7.08. The van der Waals surface area contributed by atoms with Gasteiger partial charge in [-0.25, -0.2) is 9.78 Å². The highest BCUT2D eigenvalue weighted by molar-refractivity contribution is 7.17. The van der Waals surface area contributed by atoms with E-state index < -0.39 is 5.97 Å². The summed E-state index contributed by atoms with van der Waals surface area (Å²) >= 11 is 1.51. The first-order chi connectivity index (χ1) is 9.49. The number of fused-ring (bicyclic) bond motifs is 1. The van der Waals surface area contributed by atoms with Crippen LogP contribution in [0.2, 0.25) is 0 Å².